The van der Waals surface area contributed by atoms with Gasteiger partial charge in [0.1, 0.15) is 0 Å². The summed E-state index contributed by atoms with van der Waals surface area (Å²) in [4.78, 5) is 28.8. The number of amides is 1. The van der Waals surface area contributed by atoms with Gasteiger partial charge in [0.15, 0.2) is 5.12 Å². The molecule has 1 aliphatic heterocycles. The highest BCUT2D eigenvalue weighted by Crippen LogP contribution is 2.25. The second-order valence-electron chi connectivity index (χ2n) is 4.42. The molecule has 6 heteroatoms. The van der Waals surface area contributed by atoms with E-state index in [-0.39, 0.29) is 16.3 Å². The molecule has 0 bridgehead atoms. The number of carbonyl (C=O) groups is 2. The van der Waals surface area contributed by atoms with Crippen molar-refractivity contribution in [2.45, 2.75) is 25.1 Å². The fourth-order valence-electron chi connectivity index (χ4n) is 2.05. The molecule has 1 amide bonds. The minimum Gasteiger partial charge on any atom is -0.481 e. The topological polar surface area (TPSA) is 59.5 Å². The largest absolute Gasteiger partial charge is 0.481 e. The third-order valence-corrected chi connectivity index (χ3v) is 3.87. The van der Waals surface area contributed by atoms with Gasteiger partial charge in [-0.15, -0.1) is 0 Å². The Morgan fingerprint density at radius 1 is 1.58 bits per heavy atom. The lowest BCUT2D eigenvalue weighted by Crippen LogP contribution is -2.25. The number of hydrogen-bond acceptors (Lipinski definition) is 5. The normalized spacial score (nSPS) is 18.7. The molecule has 0 aliphatic carbocycles. The molecule has 19 heavy (non-hydrogen) atoms. The number of nitrogens with zero attached hydrogens (tertiary/aromatic N) is 2. The number of aromatic nitrogens is 1. The van der Waals surface area contributed by atoms with Crippen molar-refractivity contribution in [3.05, 3.63) is 23.9 Å². The van der Waals surface area contributed by atoms with Crippen LogP contribution in [0.3, 0.4) is 0 Å². The van der Waals surface area contributed by atoms with E-state index in [0.717, 1.165) is 5.56 Å². The van der Waals surface area contributed by atoms with Gasteiger partial charge in [-0.1, -0.05) is 17.8 Å². The van der Waals surface area contributed by atoms with Crippen LogP contribution in [0.5, 0.6) is 5.88 Å². The van der Waals surface area contributed by atoms with Crippen LogP contribution in [0.25, 0.3) is 0 Å². The number of ether oxygens (including phenoxy) is 1. The SMILES string of the molecule is COc1ccc(CN2CC(SC(C)=O)CC2=O)cn1. The van der Waals surface area contributed by atoms with Crippen LogP contribution < -0.4 is 4.74 Å². The standard InChI is InChI=1S/C13H16N2O3S/c1-9(16)19-11-5-13(17)15(8-11)7-10-3-4-12(18-2)14-6-10/h3-4,6,11H,5,7-8H2,1-2H3. The van der Waals surface area contributed by atoms with Crippen molar-refractivity contribution in [3.63, 3.8) is 0 Å². The molecule has 0 spiro atoms. The van der Waals surface area contributed by atoms with Crippen LogP contribution in [0.2, 0.25) is 0 Å². The maximum Gasteiger partial charge on any atom is 0.224 e. The van der Waals surface area contributed by atoms with E-state index >= 15 is 0 Å². The third-order valence-electron chi connectivity index (χ3n) is 2.89. The Balaban J connectivity index is 1.95. The van der Waals surface area contributed by atoms with E-state index in [4.69, 9.17) is 4.74 Å². The number of methoxy groups -OCH3 is 1. The van der Waals surface area contributed by atoms with Gasteiger partial charge in [-0.3, -0.25) is 9.59 Å². The Morgan fingerprint density at radius 2 is 2.37 bits per heavy atom. The molecule has 1 saturated heterocycles. The molecule has 1 atom stereocenters. The minimum atomic E-state index is 0.0609. The summed E-state index contributed by atoms with van der Waals surface area (Å²) in [6, 6.07) is 3.67. The summed E-state index contributed by atoms with van der Waals surface area (Å²) in [5.74, 6) is 0.649. The molecule has 1 aromatic rings. The van der Waals surface area contributed by atoms with E-state index in [0.29, 0.717) is 25.4 Å². The second kappa shape index (κ2) is 6.06. The third kappa shape index (κ3) is 3.70. The van der Waals surface area contributed by atoms with Gasteiger partial charge >= 0.3 is 0 Å². The zero-order valence-corrected chi connectivity index (χ0v) is 11.8. The Morgan fingerprint density at radius 3 is 2.95 bits per heavy atom. The van der Waals surface area contributed by atoms with Crippen molar-refractivity contribution in [1.82, 2.24) is 9.88 Å². The van der Waals surface area contributed by atoms with Crippen molar-refractivity contribution in [2.75, 3.05) is 13.7 Å². The molecular formula is C13H16N2O3S. The van der Waals surface area contributed by atoms with Crippen LogP contribution >= 0.6 is 11.8 Å². The highest BCUT2D eigenvalue weighted by Gasteiger charge is 2.30. The Kier molecular flexibility index (Phi) is 4.42. The number of pyridine rings is 1. The first-order valence-electron chi connectivity index (χ1n) is 6.02. The van der Waals surface area contributed by atoms with Crippen LogP contribution in [0.15, 0.2) is 18.3 Å². The quantitative estimate of drug-likeness (QED) is 0.836. The molecule has 0 saturated carbocycles. The molecular weight excluding hydrogens is 264 g/mol. The average molecular weight is 280 g/mol. The van der Waals surface area contributed by atoms with E-state index < -0.39 is 0 Å². The van der Waals surface area contributed by atoms with Crippen molar-refractivity contribution in [2.24, 2.45) is 0 Å². The molecule has 2 heterocycles. The summed E-state index contributed by atoms with van der Waals surface area (Å²) >= 11 is 1.25. The van der Waals surface area contributed by atoms with Crippen LogP contribution in [-0.2, 0) is 16.1 Å². The average Bonchev–Trinajstić information content (AvgIpc) is 2.69. The highest BCUT2D eigenvalue weighted by atomic mass is 32.2. The highest BCUT2D eigenvalue weighted by molar-refractivity contribution is 8.14. The molecule has 0 N–H and O–H groups in total. The number of carbonyl (C=O) groups excluding carboxylic acids is 2. The number of hydrogen-bond donors (Lipinski definition) is 0. The van der Waals surface area contributed by atoms with E-state index in [1.807, 2.05) is 6.07 Å². The lowest BCUT2D eigenvalue weighted by atomic mass is 10.2. The van der Waals surface area contributed by atoms with Gasteiger partial charge in [-0.05, 0) is 5.56 Å². The van der Waals surface area contributed by atoms with Gasteiger partial charge in [0.25, 0.3) is 0 Å². The summed E-state index contributed by atoms with van der Waals surface area (Å²) in [5, 5.41) is 0.141. The monoisotopic (exact) mass is 280 g/mol. The van der Waals surface area contributed by atoms with Crippen molar-refractivity contribution < 1.29 is 14.3 Å². The molecule has 1 aromatic heterocycles. The zero-order valence-electron chi connectivity index (χ0n) is 11.0. The second-order valence-corrected chi connectivity index (χ2v) is 5.90. The number of thioether (sulfide) groups is 1. The molecule has 1 fully saturated rings. The summed E-state index contributed by atoms with van der Waals surface area (Å²) < 4.78 is 4.99. The molecule has 2 rings (SSSR count). The van der Waals surface area contributed by atoms with Crippen LogP contribution in [0.1, 0.15) is 18.9 Å². The Labute approximate surface area is 116 Å². The summed E-state index contributed by atoms with van der Waals surface area (Å²) in [5.41, 5.74) is 0.961. The molecule has 5 nitrogen and oxygen atoms in total. The molecule has 1 aliphatic rings. The van der Waals surface area contributed by atoms with Crippen LogP contribution in [-0.4, -0.2) is 39.8 Å². The van der Waals surface area contributed by atoms with Gasteiger partial charge in [0, 0.05) is 43.9 Å². The number of rotatable bonds is 4. The van der Waals surface area contributed by atoms with Gasteiger partial charge in [-0.2, -0.15) is 0 Å². The smallest absolute Gasteiger partial charge is 0.224 e. The van der Waals surface area contributed by atoms with Crippen LogP contribution in [0.4, 0.5) is 0 Å². The van der Waals surface area contributed by atoms with Crippen molar-refractivity contribution in [1.29, 1.82) is 0 Å². The maximum atomic E-state index is 11.8. The predicted octanol–water partition coefficient (Wildman–Crippen LogP) is 1.47. The van der Waals surface area contributed by atoms with Gasteiger partial charge in [-0.25, -0.2) is 4.98 Å². The first-order chi connectivity index (χ1) is 9.08. The number of likely N-dealkylation sites (tertiary alicyclic amines) is 1. The Hall–Kier alpha value is -1.56. The minimum absolute atomic E-state index is 0.0609. The van der Waals surface area contributed by atoms with Crippen molar-refractivity contribution >= 4 is 22.8 Å². The van der Waals surface area contributed by atoms with E-state index in [9.17, 15) is 9.59 Å². The maximum absolute atomic E-state index is 11.8. The lowest BCUT2D eigenvalue weighted by molar-refractivity contribution is -0.128. The lowest BCUT2D eigenvalue weighted by Gasteiger charge is -2.16. The Bertz CT molecular complexity index is 475. The van der Waals surface area contributed by atoms with Crippen LogP contribution in [0, 0.1) is 0 Å². The van der Waals surface area contributed by atoms with Gasteiger partial charge in [0.2, 0.25) is 11.8 Å². The summed E-state index contributed by atoms with van der Waals surface area (Å²) in [6.45, 7) is 2.69. The summed E-state index contributed by atoms with van der Waals surface area (Å²) in [7, 11) is 1.57. The molecule has 0 radical (unpaired) electrons. The molecule has 0 aromatic carbocycles. The van der Waals surface area contributed by atoms with Gasteiger partial charge in [0.05, 0.1) is 7.11 Å². The fourth-order valence-corrected chi connectivity index (χ4v) is 3.00. The molecule has 1 unspecified atom stereocenters. The fraction of sp³-hybridized carbons (Fsp3) is 0.462. The van der Waals surface area contributed by atoms with Crippen molar-refractivity contribution in [3.8, 4) is 5.88 Å². The van der Waals surface area contributed by atoms with E-state index in [1.54, 1.807) is 24.3 Å². The summed E-state index contributed by atoms with van der Waals surface area (Å²) in [6.07, 6.45) is 2.14. The first kappa shape index (κ1) is 13.9. The zero-order chi connectivity index (χ0) is 13.8. The van der Waals surface area contributed by atoms with E-state index in [1.165, 1.54) is 18.7 Å². The van der Waals surface area contributed by atoms with Gasteiger partial charge < -0.3 is 9.64 Å². The first-order valence-corrected chi connectivity index (χ1v) is 6.90. The molecule has 102 valence electrons. The predicted molar refractivity (Wildman–Crippen MR) is 72.9 cm³/mol. The van der Waals surface area contributed by atoms with E-state index in [2.05, 4.69) is 4.98 Å².